The van der Waals surface area contributed by atoms with Crippen molar-refractivity contribution in [3.05, 3.63) is 181 Å². The Morgan fingerprint density at radius 3 is 1.25 bits per heavy atom. The molecular formula is C46H38N2. The fraction of sp³-hybridized carbons (Fsp3) is 0.0870. The van der Waals surface area contributed by atoms with Crippen LogP contribution in [0.15, 0.2) is 176 Å². The van der Waals surface area contributed by atoms with Crippen LogP contribution < -0.4 is 9.80 Å². The molecule has 8 aromatic carbocycles. The highest BCUT2D eigenvalue weighted by atomic mass is 15.2. The first-order chi connectivity index (χ1) is 23.4. The molecule has 0 N–H and O–H groups in total. The standard InChI is InChI=1S/C46H38N2/c1-46(2,3)37-23-26-38(27-24-37)47(44-20-10-16-34-13-6-8-18-42(34)44)39-28-30-40(31-29-39)48(41-25-22-33-12-4-5-15-36(33)32-41)45-21-11-17-35-14-7-9-19-43(35)45/h4-32H,1-3H3. The molecule has 0 aliphatic heterocycles. The van der Waals surface area contributed by atoms with Gasteiger partial charge in [0.05, 0.1) is 11.4 Å². The quantitative estimate of drug-likeness (QED) is 0.183. The minimum Gasteiger partial charge on any atom is -0.310 e. The molecule has 0 aliphatic rings. The minimum atomic E-state index is 0.0816. The lowest BCUT2D eigenvalue weighted by atomic mass is 9.87. The van der Waals surface area contributed by atoms with Crippen molar-refractivity contribution in [2.24, 2.45) is 0 Å². The first-order valence-corrected chi connectivity index (χ1v) is 16.7. The average Bonchev–Trinajstić information content (AvgIpc) is 3.12. The molecule has 0 amide bonds. The van der Waals surface area contributed by atoms with Crippen LogP contribution in [0.25, 0.3) is 32.3 Å². The van der Waals surface area contributed by atoms with Crippen molar-refractivity contribution in [3.63, 3.8) is 0 Å². The van der Waals surface area contributed by atoms with Gasteiger partial charge in [0.15, 0.2) is 0 Å². The van der Waals surface area contributed by atoms with E-state index in [1.807, 2.05) is 0 Å². The molecule has 0 radical (unpaired) electrons. The van der Waals surface area contributed by atoms with Crippen LogP contribution in [0.5, 0.6) is 0 Å². The molecule has 0 aromatic heterocycles. The number of anilines is 6. The van der Waals surface area contributed by atoms with Gasteiger partial charge in [0.2, 0.25) is 0 Å². The van der Waals surface area contributed by atoms with Gasteiger partial charge in [0.1, 0.15) is 0 Å². The van der Waals surface area contributed by atoms with E-state index >= 15 is 0 Å². The first kappa shape index (κ1) is 29.5. The lowest BCUT2D eigenvalue weighted by Gasteiger charge is -2.30. The van der Waals surface area contributed by atoms with E-state index in [1.165, 1.54) is 37.9 Å². The second-order valence-electron chi connectivity index (χ2n) is 13.5. The van der Waals surface area contributed by atoms with Crippen molar-refractivity contribution in [1.82, 2.24) is 0 Å². The third-order valence-electron chi connectivity index (χ3n) is 9.36. The molecule has 0 unspecified atom stereocenters. The van der Waals surface area contributed by atoms with Crippen LogP contribution in [-0.2, 0) is 5.41 Å². The van der Waals surface area contributed by atoms with Crippen molar-refractivity contribution in [2.45, 2.75) is 26.2 Å². The molecule has 8 rings (SSSR count). The summed E-state index contributed by atoms with van der Waals surface area (Å²) in [6.07, 6.45) is 0. The second-order valence-corrected chi connectivity index (χ2v) is 13.5. The Morgan fingerprint density at radius 1 is 0.333 bits per heavy atom. The fourth-order valence-corrected chi connectivity index (χ4v) is 6.84. The summed E-state index contributed by atoms with van der Waals surface area (Å²) >= 11 is 0. The van der Waals surface area contributed by atoms with Crippen LogP contribution in [0, 0.1) is 0 Å². The Bertz CT molecular complexity index is 2370. The zero-order valence-electron chi connectivity index (χ0n) is 27.6. The van der Waals surface area contributed by atoms with Crippen molar-refractivity contribution in [3.8, 4) is 0 Å². The predicted molar refractivity (Wildman–Crippen MR) is 207 cm³/mol. The molecule has 2 nitrogen and oxygen atoms in total. The van der Waals surface area contributed by atoms with Gasteiger partial charge >= 0.3 is 0 Å². The Hall–Kier alpha value is -5.86. The summed E-state index contributed by atoms with van der Waals surface area (Å²) in [5, 5.41) is 7.33. The highest BCUT2D eigenvalue weighted by Gasteiger charge is 2.20. The van der Waals surface area contributed by atoms with E-state index in [-0.39, 0.29) is 5.41 Å². The van der Waals surface area contributed by atoms with Gasteiger partial charge in [-0.25, -0.2) is 0 Å². The number of hydrogen-bond donors (Lipinski definition) is 0. The third-order valence-corrected chi connectivity index (χ3v) is 9.36. The molecular weight excluding hydrogens is 581 g/mol. The lowest BCUT2D eigenvalue weighted by Crippen LogP contribution is -2.14. The van der Waals surface area contributed by atoms with E-state index in [4.69, 9.17) is 0 Å². The topological polar surface area (TPSA) is 6.48 Å². The summed E-state index contributed by atoms with van der Waals surface area (Å²) in [6.45, 7) is 6.79. The van der Waals surface area contributed by atoms with Crippen LogP contribution in [0.4, 0.5) is 34.1 Å². The van der Waals surface area contributed by atoms with Crippen molar-refractivity contribution in [2.75, 3.05) is 9.80 Å². The van der Waals surface area contributed by atoms with Crippen LogP contribution in [-0.4, -0.2) is 0 Å². The van der Waals surface area contributed by atoms with E-state index < -0.39 is 0 Å². The number of nitrogens with zero attached hydrogens (tertiary/aromatic N) is 2. The highest BCUT2D eigenvalue weighted by molar-refractivity contribution is 6.01. The predicted octanol–water partition coefficient (Wildman–Crippen LogP) is 13.4. The summed E-state index contributed by atoms with van der Waals surface area (Å²) < 4.78 is 0. The second kappa shape index (κ2) is 12.1. The van der Waals surface area contributed by atoms with Gasteiger partial charge in [-0.3, -0.25) is 0 Å². The monoisotopic (exact) mass is 618 g/mol. The average molecular weight is 619 g/mol. The largest absolute Gasteiger partial charge is 0.310 e. The summed E-state index contributed by atoms with van der Waals surface area (Å²) in [4.78, 5) is 4.77. The number of fused-ring (bicyclic) bond motifs is 3. The van der Waals surface area contributed by atoms with E-state index in [0.717, 1.165) is 34.1 Å². The van der Waals surface area contributed by atoms with E-state index in [9.17, 15) is 0 Å². The maximum absolute atomic E-state index is 2.39. The fourth-order valence-electron chi connectivity index (χ4n) is 6.84. The maximum atomic E-state index is 2.39. The molecule has 0 fully saturated rings. The van der Waals surface area contributed by atoms with Crippen molar-refractivity contribution < 1.29 is 0 Å². The zero-order chi connectivity index (χ0) is 32.7. The third kappa shape index (κ3) is 5.46. The smallest absolute Gasteiger partial charge is 0.0540 e. The molecule has 0 saturated carbocycles. The Labute approximate surface area is 283 Å². The molecule has 48 heavy (non-hydrogen) atoms. The Kier molecular flexibility index (Phi) is 7.42. The Morgan fingerprint density at radius 2 is 0.729 bits per heavy atom. The molecule has 0 atom stereocenters. The van der Waals surface area contributed by atoms with Crippen LogP contribution in [0.2, 0.25) is 0 Å². The first-order valence-electron chi connectivity index (χ1n) is 16.7. The van der Waals surface area contributed by atoms with E-state index in [0.29, 0.717) is 0 Å². The number of rotatable bonds is 6. The van der Waals surface area contributed by atoms with Crippen molar-refractivity contribution >= 4 is 66.4 Å². The van der Waals surface area contributed by atoms with Crippen molar-refractivity contribution in [1.29, 1.82) is 0 Å². The molecule has 0 saturated heterocycles. The molecule has 0 spiro atoms. The molecule has 0 bridgehead atoms. The summed E-state index contributed by atoms with van der Waals surface area (Å²) in [5.74, 6) is 0. The summed E-state index contributed by atoms with van der Waals surface area (Å²) in [6, 6.07) is 63.8. The minimum absolute atomic E-state index is 0.0816. The van der Waals surface area contributed by atoms with E-state index in [1.54, 1.807) is 0 Å². The van der Waals surface area contributed by atoms with Gasteiger partial charge in [0.25, 0.3) is 0 Å². The number of benzene rings is 8. The summed E-state index contributed by atoms with van der Waals surface area (Å²) in [7, 11) is 0. The SMILES string of the molecule is CC(C)(C)c1ccc(N(c2ccc(N(c3ccc4ccccc4c3)c3cccc4ccccc34)cc2)c2cccc3ccccc23)cc1. The molecule has 0 aliphatic carbocycles. The Balaban J connectivity index is 1.29. The summed E-state index contributed by atoms with van der Waals surface area (Å²) in [5.41, 5.74) is 8.18. The van der Waals surface area contributed by atoms with Gasteiger partial charge in [-0.1, -0.05) is 136 Å². The highest BCUT2D eigenvalue weighted by Crippen LogP contribution is 2.43. The normalized spacial score (nSPS) is 11.6. The lowest BCUT2D eigenvalue weighted by molar-refractivity contribution is 0.590. The van der Waals surface area contributed by atoms with Crippen LogP contribution in [0.1, 0.15) is 26.3 Å². The molecule has 8 aromatic rings. The zero-order valence-corrected chi connectivity index (χ0v) is 27.6. The molecule has 232 valence electrons. The maximum Gasteiger partial charge on any atom is 0.0540 e. The van der Waals surface area contributed by atoms with Crippen LogP contribution >= 0.6 is 0 Å². The molecule has 0 heterocycles. The molecule has 2 heteroatoms. The van der Waals surface area contributed by atoms with E-state index in [2.05, 4.69) is 206 Å². The van der Waals surface area contributed by atoms with Gasteiger partial charge in [-0.2, -0.15) is 0 Å². The van der Waals surface area contributed by atoms with Gasteiger partial charge < -0.3 is 9.80 Å². The number of hydrogen-bond acceptors (Lipinski definition) is 2. The van der Waals surface area contributed by atoms with Gasteiger partial charge in [-0.05, 0) is 93.2 Å². The van der Waals surface area contributed by atoms with Crippen LogP contribution in [0.3, 0.4) is 0 Å². The van der Waals surface area contributed by atoms with Gasteiger partial charge in [-0.15, -0.1) is 0 Å². The van der Waals surface area contributed by atoms with Gasteiger partial charge in [0, 0.05) is 33.5 Å².